The highest BCUT2D eigenvalue weighted by atomic mass is 32.2. The Balaban J connectivity index is 1.51. The zero-order chi connectivity index (χ0) is 20.0. The van der Waals surface area contributed by atoms with Crippen LogP contribution in [0.4, 0.5) is 4.39 Å². The maximum absolute atomic E-state index is 13.5. The molecule has 1 N–H and O–H groups in total. The van der Waals surface area contributed by atoms with Gasteiger partial charge in [0.15, 0.2) is 6.61 Å². The van der Waals surface area contributed by atoms with E-state index < -0.39 is 15.9 Å². The van der Waals surface area contributed by atoms with E-state index in [4.69, 9.17) is 9.47 Å². The zero-order valence-electron chi connectivity index (χ0n) is 15.1. The molecular formula is C19H21FN2O5S. The molecule has 0 aliphatic carbocycles. The fourth-order valence-corrected chi connectivity index (χ4v) is 4.09. The minimum Gasteiger partial charge on any atom is -0.484 e. The van der Waals surface area contributed by atoms with Crippen LogP contribution in [0.2, 0.25) is 0 Å². The molecule has 7 nitrogen and oxygen atoms in total. The molecule has 2 aromatic carbocycles. The second kappa shape index (κ2) is 9.13. The Bertz CT molecular complexity index is 912. The smallest absolute Gasteiger partial charge is 0.258 e. The van der Waals surface area contributed by atoms with E-state index in [1.807, 2.05) is 0 Å². The lowest BCUT2D eigenvalue weighted by atomic mass is 10.2. The van der Waals surface area contributed by atoms with Crippen LogP contribution in [0.5, 0.6) is 5.75 Å². The van der Waals surface area contributed by atoms with Crippen molar-refractivity contribution < 1.29 is 27.1 Å². The predicted molar refractivity (Wildman–Crippen MR) is 99.8 cm³/mol. The summed E-state index contributed by atoms with van der Waals surface area (Å²) in [6, 6.07) is 12.1. The van der Waals surface area contributed by atoms with Gasteiger partial charge in [-0.15, -0.1) is 0 Å². The van der Waals surface area contributed by atoms with E-state index in [0.29, 0.717) is 37.6 Å². The minimum absolute atomic E-state index is 0.0611. The van der Waals surface area contributed by atoms with Gasteiger partial charge in [-0.25, -0.2) is 12.8 Å². The third-order valence-electron chi connectivity index (χ3n) is 4.24. The van der Waals surface area contributed by atoms with Gasteiger partial charge in [-0.3, -0.25) is 4.79 Å². The van der Waals surface area contributed by atoms with Gasteiger partial charge in [0, 0.05) is 25.2 Å². The summed E-state index contributed by atoms with van der Waals surface area (Å²) in [5.74, 6) is -0.434. The lowest BCUT2D eigenvalue weighted by molar-refractivity contribution is -0.123. The molecular weight excluding hydrogens is 387 g/mol. The van der Waals surface area contributed by atoms with Crippen LogP contribution in [-0.4, -0.2) is 51.5 Å². The molecule has 0 bridgehead atoms. The van der Waals surface area contributed by atoms with E-state index in [9.17, 15) is 17.6 Å². The molecule has 1 saturated heterocycles. The van der Waals surface area contributed by atoms with E-state index in [1.54, 1.807) is 18.2 Å². The Morgan fingerprint density at radius 1 is 1.11 bits per heavy atom. The molecule has 0 unspecified atom stereocenters. The van der Waals surface area contributed by atoms with Crippen molar-refractivity contribution in [3.8, 4) is 5.75 Å². The predicted octanol–water partition coefficient (Wildman–Crippen LogP) is 1.54. The van der Waals surface area contributed by atoms with Gasteiger partial charge in [0.25, 0.3) is 5.91 Å². The van der Waals surface area contributed by atoms with Crippen molar-refractivity contribution in [2.24, 2.45) is 0 Å². The van der Waals surface area contributed by atoms with Gasteiger partial charge in [-0.05, 0) is 30.3 Å². The van der Waals surface area contributed by atoms with Crippen molar-refractivity contribution >= 4 is 15.9 Å². The van der Waals surface area contributed by atoms with Crippen LogP contribution in [0.3, 0.4) is 0 Å². The molecule has 2 aromatic rings. The maximum atomic E-state index is 13.5. The number of nitrogens with zero attached hydrogens (tertiary/aromatic N) is 1. The Morgan fingerprint density at radius 3 is 2.46 bits per heavy atom. The SMILES string of the molecule is O=C(COc1ccc(S(=O)(=O)N2CCOCC2)cc1)NCc1ccccc1F. The van der Waals surface area contributed by atoms with Crippen LogP contribution in [0.25, 0.3) is 0 Å². The van der Waals surface area contributed by atoms with Crippen molar-refractivity contribution in [1.29, 1.82) is 0 Å². The van der Waals surface area contributed by atoms with E-state index in [1.165, 1.54) is 34.6 Å². The van der Waals surface area contributed by atoms with Crippen molar-refractivity contribution in [1.82, 2.24) is 9.62 Å². The Hall–Kier alpha value is -2.49. The number of nitrogens with one attached hydrogen (secondary N) is 1. The van der Waals surface area contributed by atoms with Crippen LogP contribution < -0.4 is 10.1 Å². The number of halogens is 1. The highest BCUT2D eigenvalue weighted by Crippen LogP contribution is 2.20. The molecule has 9 heteroatoms. The molecule has 0 aromatic heterocycles. The van der Waals surface area contributed by atoms with Gasteiger partial charge >= 0.3 is 0 Å². The van der Waals surface area contributed by atoms with E-state index in [-0.39, 0.29) is 23.9 Å². The Kier molecular flexibility index (Phi) is 6.61. The lowest BCUT2D eigenvalue weighted by Crippen LogP contribution is -2.40. The van der Waals surface area contributed by atoms with Crippen LogP contribution in [0.15, 0.2) is 53.4 Å². The second-order valence-corrected chi connectivity index (χ2v) is 8.08. The normalized spacial score (nSPS) is 15.2. The number of amides is 1. The first kappa shape index (κ1) is 20.2. The highest BCUT2D eigenvalue weighted by Gasteiger charge is 2.26. The van der Waals surface area contributed by atoms with Gasteiger partial charge in [0.1, 0.15) is 11.6 Å². The molecule has 1 aliphatic rings. The number of hydrogen-bond acceptors (Lipinski definition) is 5. The average Bonchev–Trinajstić information content (AvgIpc) is 2.72. The number of carbonyl (C=O) groups excluding carboxylic acids is 1. The van der Waals surface area contributed by atoms with Gasteiger partial charge in [0.2, 0.25) is 10.0 Å². The monoisotopic (exact) mass is 408 g/mol. The molecule has 1 heterocycles. The maximum Gasteiger partial charge on any atom is 0.258 e. The summed E-state index contributed by atoms with van der Waals surface area (Å²) >= 11 is 0. The average molecular weight is 408 g/mol. The summed E-state index contributed by atoms with van der Waals surface area (Å²) in [6.07, 6.45) is 0. The molecule has 1 fully saturated rings. The number of sulfonamides is 1. The summed E-state index contributed by atoms with van der Waals surface area (Å²) in [5, 5.41) is 2.57. The zero-order valence-corrected chi connectivity index (χ0v) is 16.0. The highest BCUT2D eigenvalue weighted by molar-refractivity contribution is 7.89. The summed E-state index contributed by atoms with van der Waals surface area (Å²) in [6.45, 7) is 1.20. The quantitative estimate of drug-likeness (QED) is 0.751. The molecule has 150 valence electrons. The van der Waals surface area contributed by atoms with E-state index in [2.05, 4.69) is 5.32 Å². The van der Waals surface area contributed by atoms with Gasteiger partial charge in [-0.2, -0.15) is 4.31 Å². The van der Waals surface area contributed by atoms with Gasteiger partial charge in [-0.1, -0.05) is 18.2 Å². The number of morpholine rings is 1. The standard InChI is InChI=1S/C19H21FN2O5S/c20-18-4-2-1-3-15(18)13-21-19(23)14-27-16-5-7-17(8-6-16)28(24,25)22-9-11-26-12-10-22/h1-8H,9-14H2,(H,21,23). The van der Waals surface area contributed by atoms with E-state index >= 15 is 0 Å². The molecule has 0 saturated carbocycles. The van der Waals surface area contributed by atoms with Crippen molar-refractivity contribution in [2.75, 3.05) is 32.9 Å². The molecule has 0 radical (unpaired) electrons. The molecule has 1 amide bonds. The summed E-state index contributed by atoms with van der Waals surface area (Å²) in [4.78, 5) is 12.0. The topological polar surface area (TPSA) is 84.9 Å². The van der Waals surface area contributed by atoms with Crippen LogP contribution in [-0.2, 0) is 26.1 Å². The number of carbonyl (C=O) groups is 1. The van der Waals surface area contributed by atoms with E-state index in [0.717, 1.165) is 0 Å². The van der Waals surface area contributed by atoms with Gasteiger partial charge in [0.05, 0.1) is 18.1 Å². The third kappa shape index (κ3) is 5.06. The van der Waals surface area contributed by atoms with Gasteiger partial charge < -0.3 is 14.8 Å². The summed E-state index contributed by atoms with van der Waals surface area (Å²) in [5.41, 5.74) is 0.383. The minimum atomic E-state index is -3.57. The molecule has 1 aliphatic heterocycles. The molecule has 3 rings (SSSR count). The first-order valence-corrected chi connectivity index (χ1v) is 10.2. The van der Waals surface area contributed by atoms with Crippen LogP contribution in [0.1, 0.15) is 5.56 Å². The largest absolute Gasteiger partial charge is 0.484 e. The Labute approximate surface area is 163 Å². The fraction of sp³-hybridized carbons (Fsp3) is 0.316. The second-order valence-electron chi connectivity index (χ2n) is 6.14. The van der Waals surface area contributed by atoms with Crippen molar-refractivity contribution in [3.05, 3.63) is 59.9 Å². The number of ether oxygens (including phenoxy) is 2. The first-order valence-electron chi connectivity index (χ1n) is 8.78. The molecule has 0 spiro atoms. The Morgan fingerprint density at radius 2 is 1.79 bits per heavy atom. The molecule has 0 atom stereocenters. The van der Waals surface area contributed by atoms with Crippen molar-refractivity contribution in [3.63, 3.8) is 0 Å². The summed E-state index contributed by atoms with van der Waals surface area (Å²) < 4.78 is 50.5. The van der Waals surface area contributed by atoms with Crippen molar-refractivity contribution in [2.45, 2.75) is 11.4 Å². The lowest BCUT2D eigenvalue weighted by Gasteiger charge is -2.26. The first-order chi connectivity index (χ1) is 13.5. The summed E-state index contributed by atoms with van der Waals surface area (Å²) in [7, 11) is -3.57. The number of rotatable bonds is 7. The van der Waals surface area contributed by atoms with Crippen LogP contribution in [0, 0.1) is 5.82 Å². The number of benzene rings is 2. The molecule has 28 heavy (non-hydrogen) atoms. The third-order valence-corrected chi connectivity index (χ3v) is 6.15. The number of hydrogen-bond donors (Lipinski definition) is 1. The fourth-order valence-electron chi connectivity index (χ4n) is 2.68. The van der Waals surface area contributed by atoms with Crippen LogP contribution >= 0.6 is 0 Å².